The lowest BCUT2D eigenvalue weighted by atomic mass is 9.45. The Bertz CT molecular complexity index is 564. The Balaban J connectivity index is 1.45. The minimum absolute atomic E-state index is 0.0335. The van der Waals surface area contributed by atoms with Crippen LogP contribution in [0, 0.1) is 47.3 Å². The summed E-state index contributed by atoms with van der Waals surface area (Å²) < 4.78 is 5.32. The number of hydrogen-bond donors (Lipinski definition) is 0. The summed E-state index contributed by atoms with van der Waals surface area (Å²) in [6, 6.07) is 0. The summed E-state index contributed by atoms with van der Waals surface area (Å²) in [5.74, 6) is 4.55. The highest BCUT2D eigenvalue weighted by Crippen LogP contribution is 2.73. The van der Waals surface area contributed by atoms with E-state index in [0.29, 0.717) is 29.6 Å². The van der Waals surface area contributed by atoms with E-state index in [9.17, 15) is 9.59 Å². The fourth-order valence-corrected chi connectivity index (χ4v) is 6.69. The first-order chi connectivity index (χ1) is 9.27. The molecule has 10 unspecified atom stereocenters. The molecule has 0 radical (unpaired) electrons. The number of ether oxygens (including phenoxy) is 1. The van der Waals surface area contributed by atoms with Gasteiger partial charge in [0, 0.05) is 11.8 Å². The summed E-state index contributed by atoms with van der Waals surface area (Å²) in [5, 5.41) is 0. The van der Waals surface area contributed by atoms with Crippen LogP contribution in [0.15, 0.2) is 12.2 Å². The van der Waals surface area contributed by atoms with Crippen LogP contribution < -0.4 is 0 Å². The fourth-order valence-electron chi connectivity index (χ4n) is 6.69. The Labute approximate surface area is 111 Å². The number of Topliss-reactive ketones (excluding diaryl/α,β-unsaturated/α-hetero) is 2. The quantitative estimate of drug-likeness (QED) is 0.372. The minimum atomic E-state index is -0.344. The van der Waals surface area contributed by atoms with E-state index < -0.39 is 0 Å². The van der Waals surface area contributed by atoms with E-state index in [1.807, 2.05) is 0 Å². The fraction of sp³-hybridized carbons (Fsp3) is 0.750. The molecular weight excluding hydrogens is 240 g/mol. The third kappa shape index (κ3) is 0.858. The molecule has 0 amide bonds. The van der Waals surface area contributed by atoms with E-state index in [2.05, 4.69) is 12.2 Å². The van der Waals surface area contributed by atoms with E-state index >= 15 is 0 Å². The van der Waals surface area contributed by atoms with Gasteiger partial charge < -0.3 is 4.74 Å². The average Bonchev–Trinajstić information content (AvgIpc) is 2.75. The van der Waals surface area contributed by atoms with Crippen molar-refractivity contribution in [2.45, 2.75) is 25.0 Å². The third-order valence-corrected chi connectivity index (χ3v) is 7.21. The molecule has 6 aliphatic rings. The zero-order chi connectivity index (χ0) is 12.5. The summed E-state index contributed by atoms with van der Waals surface area (Å²) in [6.07, 6.45) is 6.52. The molecule has 0 spiro atoms. The molecule has 0 aromatic heterocycles. The summed E-state index contributed by atoms with van der Waals surface area (Å²) >= 11 is 0. The number of carbonyl (C=O) groups excluding carboxylic acids is 2. The molecule has 98 valence electrons. The molecule has 0 aromatic carbocycles. The lowest BCUT2D eigenvalue weighted by molar-refractivity contribution is -0.163. The van der Waals surface area contributed by atoms with Crippen molar-refractivity contribution in [3.8, 4) is 0 Å². The van der Waals surface area contributed by atoms with Crippen molar-refractivity contribution in [1.82, 2.24) is 0 Å². The molecule has 1 saturated heterocycles. The number of ketones is 2. The van der Waals surface area contributed by atoms with Crippen molar-refractivity contribution < 1.29 is 14.3 Å². The second-order valence-electron chi connectivity index (χ2n) is 7.46. The second-order valence-corrected chi connectivity index (χ2v) is 7.46. The summed E-state index contributed by atoms with van der Waals surface area (Å²) in [7, 11) is 0. The van der Waals surface area contributed by atoms with Crippen LogP contribution in [0.2, 0.25) is 0 Å². The van der Waals surface area contributed by atoms with Gasteiger partial charge in [0.15, 0.2) is 23.8 Å². The SMILES string of the molecule is O=C1C2OC2C(=O)C2C1C1C3CC(C4CC=CC43)C21. The van der Waals surface area contributed by atoms with Crippen LogP contribution in [-0.4, -0.2) is 23.8 Å². The van der Waals surface area contributed by atoms with Gasteiger partial charge in [-0.25, -0.2) is 0 Å². The van der Waals surface area contributed by atoms with Gasteiger partial charge in [-0.15, -0.1) is 0 Å². The van der Waals surface area contributed by atoms with Gasteiger partial charge in [0.05, 0.1) is 0 Å². The first-order valence-corrected chi connectivity index (χ1v) is 7.67. The van der Waals surface area contributed by atoms with E-state index in [0.717, 1.165) is 5.92 Å². The maximum absolute atomic E-state index is 12.4. The smallest absolute Gasteiger partial charge is 0.168 e. The molecule has 1 heterocycles. The number of hydrogen-bond acceptors (Lipinski definition) is 3. The Kier molecular flexibility index (Phi) is 1.42. The average molecular weight is 256 g/mol. The summed E-state index contributed by atoms with van der Waals surface area (Å²) in [4.78, 5) is 24.8. The largest absolute Gasteiger partial charge is 0.353 e. The molecular formula is C16H16O3. The highest BCUT2D eigenvalue weighted by molar-refractivity contribution is 6.07. The topological polar surface area (TPSA) is 46.7 Å². The van der Waals surface area contributed by atoms with Gasteiger partial charge in [0.25, 0.3) is 0 Å². The van der Waals surface area contributed by atoms with Crippen LogP contribution in [0.1, 0.15) is 12.8 Å². The van der Waals surface area contributed by atoms with Crippen molar-refractivity contribution in [3.05, 3.63) is 12.2 Å². The van der Waals surface area contributed by atoms with Gasteiger partial charge in [-0.3, -0.25) is 9.59 Å². The van der Waals surface area contributed by atoms with E-state index in [1.54, 1.807) is 0 Å². The van der Waals surface area contributed by atoms with Crippen molar-refractivity contribution in [2.24, 2.45) is 47.3 Å². The highest BCUT2D eigenvalue weighted by Gasteiger charge is 2.76. The molecule has 3 nitrogen and oxygen atoms in total. The molecule has 6 rings (SSSR count). The predicted octanol–water partition coefficient (Wildman–Crippen LogP) is 1.23. The van der Waals surface area contributed by atoms with Crippen molar-refractivity contribution >= 4 is 11.6 Å². The molecule has 0 N–H and O–H groups in total. The Hall–Kier alpha value is -0.960. The zero-order valence-corrected chi connectivity index (χ0v) is 10.6. The lowest BCUT2D eigenvalue weighted by Gasteiger charge is -2.56. The molecule has 5 aliphatic carbocycles. The molecule has 0 aromatic rings. The highest BCUT2D eigenvalue weighted by atomic mass is 16.6. The van der Waals surface area contributed by atoms with Crippen LogP contribution in [0.3, 0.4) is 0 Å². The van der Waals surface area contributed by atoms with Crippen molar-refractivity contribution in [3.63, 3.8) is 0 Å². The van der Waals surface area contributed by atoms with Crippen molar-refractivity contribution in [2.75, 3.05) is 0 Å². The van der Waals surface area contributed by atoms with Crippen LogP contribution in [-0.2, 0) is 14.3 Å². The Morgan fingerprint density at radius 2 is 1.63 bits per heavy atom. The van der Waals surface area contributed by atoms with Gasteiger partial charge in [0.1, 0.15) is 0 Å². The standard InChI is InChI=1S/C16H16O3/c17-13-11-9-7-4-8(6-3-1-2-5(6)7)10(9)12(11)14(18)16-15(13)19-16/h1-2,5-12,15-16H,3-4H2. The first-order valence-electron chi connectivity index (χ1n) is 7.67. The molecule has 4 saturated carbocycles. The summed E-state index contributed by atoms with van der Waals surface area (Å²) in [6.45, 7) is 0. The van der Waals surface area contributed by atoms with Crippen LogP contribution in [0.5, 0.6) is 0 Å². The number of fused-ring (bicyclic) bond motifs is 12. The third-order valence-electron chi connectivity index (χ3n) is 7.21. The number of carbonyl (C=O) groups is 2. The van der Waals surface area contributed by atoms with Crippen LogP contribution in [0.4, 0.5) is 0 Å². The number of epoxide rings is 1. The molecule has 5 fully saturated rings. The summed E-state index contributed by atoms with van der Waals surface area (Å²) in [5.41, 5.74) is 0. The van der Waals surface area contributed by atoms with Gasteiger partial charge >= 0.3 is 0 Å². The van der Waals surface area contributed by atoms with Gasteiger partial charge in [-0.1, -0.05) is 12.2 Å². The van der Waals surface area contributed by atoms with Gasteiger partial charge in [-0.05, 0) is 48.3 Å². The van der Waals surface area contributed by atoms with E-state index in [4.69, 9.17) is 4.74 Å². The van der Waals surface area contributed by atoms with Crippen molar-refractivity contribution in [1.29, 1.82) is 0 Å². The molecule has 10 atom stereocenters. The van der Waals surface area contributed by atoms with E-state index in [-0.39, 0.29) is 35.6 Å². The van der Waals surface area contributed by atoms with Crippen LogP contribution >= 0.6 is 0 Å². The Morgan fingerprint density at radius 1 is 0.947 bits per heavy atom. The van der Waals surface area contributed by atoms with E-state index in [1.165, 1.54) is 12.8 Å². The lowest BCUT2D eigenvalue weighted by Crippen LogP contribution is -2.62. The minimum Gasteiger partial charge on any atom is -0.353 e. The number of rotatable bonds is 0. The predicted molar refractivity (Wildman–Crippen MR) is 65.0 cm³/mol. The normalized spacial score (nSPS) is 66.3. The second kappa shape index (κ2) is 2.73. The molecule has 3 heteroatoms. The van der Waals surface area contributed by atoms with Crippen LogP contribution in [0.25, 0.3) is 0 Å². The molecule has 2 bridgehead atoms. The van der Waals surface area contributed by atoms with Gasteiger partial charge in [-0.2, -0.15) is 0 Å². The monoisotopic (exact) mass is 256 g/mol. The first kappa shape index (κ1) is 9.87. The zero-order valence-electron chi connectivity index (χ0n) is 10.6. The maximum Gasteiger partial charge on any atom is 0.168 e. The maximum atomic E-state index is 12.4. The van der Waals surface area contributed by atoms with Gasteiger partial charge in [0.2, 0.25) is 0 Å². The Morgan fingerprint density at radius 3 is 2.37 bits per heavy atom. The molecule has 1 aliphatic heterocycles. The molecule has 19 heavy (non-hydrogen) atoms. The number of allylic oxidation sites excluding steroid dienone is 2.